The van der Waals surface area contributed by atoms with E-state index in [0.717, 1.165) is 27.4 Å². The number of benzene rings is 3. The van der Waals surface area contributed by atoms with Gasteiger partial charge in [-0.05, 0) is 24.1 Å². The summed E-state index contributed by atoms with van der Waals surface area (Å²) in [6, 6.07) is 24.4. The van der Waals surface area contributed by atoms with Crippen LogP contribution in [0.4, 0.5) is 0 Å². The number of aliphatic carboxylic acids is 1. The third-order valence-electron chi connectivity index (χ3n) is 5.06. The van der Waals surface area contributed by atoms with Crippen LogP contribution in [-0.4, -0.2) is 21.6 Å². The van der Waals surface area contributed by atoms with Crippen molar-refractivity contribution in [3.05, 3.63) is 84.4 Å². The fourth-order valence-corrected chi connectivity index (χ4v) is 3.73. The summed E-state index contributed by atoms with van der Waals surface area (Å²) in [7, 11) is 0. The van der Waals surface area contributed by atoms with E-state index in [1.54, 1.807) is 0 Å². The predicted molar refractivity (Wildman–Crippen MR) is 112 cm³/mol. The van der Waals surface area contributed by atoms with Crippen molar-refractivity contribution in [2.45, 2.75) is 25.5 Å². The van der Waals surface area contributed by atoms with Crippen molar-refractivity contribution in [1.29, 1.82) is 0 Å². The topological polar surface area (TPSA) is 68.5 Å². The van der Waals surface area contributed by atoms with Gasteiger partial charge in [-0.2, -0.15) is 0 Å². The highest BCUT2D eigenvalue weighted by Gasteiger charge is 2.26. The molecule has 0 bridgehead atoms. The number of esters is 1. The molecule has 1 N–H and O–H groups in total. The summed E-state index contributed by atoms with van der Waals surface area (Å²) in [6.07, 6.45) is 0.0392. The van der Waals surface area contributed by atoms with Crippen molar-refractivity contribution in [3.8, 4) is 0 Å². The molecule has 29 heavy (non-hydrogen) atoms. The molecule has 0 fully saturated rings. The molecule has 3 aromatic carbocycles. The highest BCUT2D eigenvalue weighted by Crippen LogP contribution is 2.33. The lowest BCUT2D eigenvalue weighted by Gasteiger charge is -2.20. The van der Waals surface area contributed by atoms with Crippen molar-refractivity contribution >= 4 is 33.7 Å². The minimum absolute atomic E-state index is 0.119. The van der Waals surface area contributed by atoms with Gasteiger partial charge >= 0.3 is 11.9 Å². The molecular formula is C24H21NO4. The van der Waals surface area contributed by atoms with Crippen LogP contribution in [0, 0.1) is 0 Å². The normalized spacial score (nSPS) is 12.1. The summed E-state index contributed by atoms with van der Waals surface area (Å²) in [6.45, 7) is 0.153. The van der Waals surface area contributed by atoms with Crippen LogP contribution in [0.2, 0.25) is 0 Å². The molecule has 4 rings (SSSR count). The quantitative estimate of drug-likeness (QED) is 0.456. The number of nitrogens with zero attached hydrogens (tertiary/aromatic N) is 1. The Morgan fingerprint density at radius 3 is 1.97 bits per heavy atom. The maximum Gasteiger partial charge on any atom is 0.329 e. The number of carbonyl (C=O) groups excluding carboxylic acids is 1. The van der Waals surface area contributed by atoms with Crippen molar-refractivity contribution < 1.29 is 19.4 Å². The van der Waals surface area contributed by atoms with Gasteiger partial charge in [0.25, 0.3) is 0 Å². The van der Waals surface area contributed by atoms with Gasteiger partial charge < -0.3 is 14.4 Å². The molecule has 0 saturated heterocycles. The second kappa shape index (κ2) is 8.19. The first-order valence-electron chi connectivity index (χ1n) is 9.55. The Labute approximate surface area is 168 Å². The summed E-state index contributed by atoms with van der Waals surface area (Å²) in [4.78, 5) is 24.3. The molecular weight excluding hydrogens is 366 g/mol. The standard InChI is InChI=1S/C24H21NO4/c26-23(27)15-14-22(24(28)29-16-17-8-2-1-3-9-17)25-20-12-6-4-10-18(20)19-11-5-7-13-21(19)25/h1-13,22H,14-16H2,(H,26,27). The third-order valence-corrected chi connectivity index (χ3v) is 5.06. The first-order valence-corrected chi connectivity index (χ1v) is 9.55. The Kier molecular flexibility index (Phi) is 5.29. The average Bonchev–Trinajstić information content (AvgIpc) is 3.08. The Hall–Kier alpha value is -3.60. The van der Waals surface area contributed by atoms with Gasteiger partial charge in [-0.3, -0.25) is 4.79 Å². The Morgan fingerprint density at radius 2 is 1.38 bits per heavy atom. The second-order valence-corrected chi connectivity index (χ2v) is 6.95. The Bertz CT molecular complexity index is 1110. The van der Waals surface area contributed by atoms with Gasteiger partial charge in [0.15, 0.2) is 0 Å². The second-order valence-electron chi connectivity index (χ2n) is 6.95. The van der Waals surface area contributed by atoms with Crippen LogP contribution in [0.15, 0.2) is 78.9 Å². The van der Waals surface area contributed by atoms with Crippen LogP contribution >= 0.6 is 0 Å². The number of carboxylic acid groups (broad SMARTS) is 1. The van der Waals surface area contributed by atoms with Gasteiger partial charge in [-0.25, -0.2) is 4.79 Å². The number of rotatable bonds is 7. The van der Waals surface area contributed by atoms with Gasteiger partial charge in [0.1, 0.15) is 12.6 Å². The van der Waals surface area contributed by atoms with Crippen LogP contribution in [0.3, 0.4) is 0 Å². The summed E-state index contributed by atoms with van der Waals surface area (Å²) in [5, 5.41) is 11.3. The highest BCUT2D eigenvalue weighted by atomic mass is 16.5. The summed E-state index contributed by atoms with van der Waals surface area (Å²) in [5.74, 6) is -1.37. The van der Waals surface area contributed by atoms with Crippen molar-refractivity contribution in [2.24, 2.45) is 0 Å². The van der Waals surface area contributed by atoms with E-state index >= 15 is 0 Å². The zero-order valence-corrected chi connectivity index (χ0v) is 15.8. The van der Waals surface area contributed by atoms with E-state index in [0.29, 0.717) is 0 Å². The smallest absolute Gasteiger partial charge is 0.329 e. The number of hydrogen-bond acceptors (Lipinski definition) is 3. The van der Waals surface area contributed by atoms with Crippen molar-refractivity contribution in [2.75, 3.05) is 0 Å². The SMILES string of the molecule is O=C(O)CCC(C(=O)OCc1ccccc1)n1c2ccccc2c2ccccc21. The fourth-order valence-electron chi connectivity index (χ4n) is 3.73. The van der Waals surface area contributed by atoms with E-state index in [-0.39, 0.29) is 19.4 Å². The van der Waals surface area contributed by atoms with Gasteiger partial charge in [-0.15, -0.1) is 0 Å². The lowest BCUT2D eigenvalue weighted by molar-refractivity contribution is -0.149. The largest absolute Gasteiger partial charge is 0.481 e. The van der Waals surface area contributed by atoms with E-state index in [9.17, 15) is 14.7 Å². The molecule has 0 aliphatic rings. The summed E-state index contributed by atoms with van der Waals surface area (Å²) >= 11 is 0. The van der Waals surface area contributed by atoms with Gasteiger partial charge in [0.2, 0.25) is 0 Å². The average molecular weight is 387 g/mol. The van der Waals surface area contributed by atoms with Gasteiger partial charge in [0, 0.05) is 28.2 Å². The van der Waals surface area contributed by atoms with Crippen LogP contribution in [0.1, 0.15) is 24.4 Å². The number of fused-ring (bicyclic) bond motifs is 3. The summed E-state index contributed by atoms with van der Waals surface area (Å²) in [5.41, 5.74) is 2.67. The zero-order valence-electron chi connectivity index (χ0n) is 15.8. The zero-order chi connectivity index (χ0) is 20.2. The number of ether oxygens (including phenoxy) is 1. The maximum absolute atomic E-state index is 13.1. The molecule has 0 radical (unpaired) electrons. The molecule has 1 unspecified atom stereocenters. The minimum Gasteiger partial charge on any atom is -0.481 e. The first-order chi connectivity index (χ1) is 14.1. The van der Waals surface area contributed by atoms with E-state index in [1.807, 2.05) is 83.4 Å². The first kappa shape index (κ1) is 18.7. The lowest BCUT2D eigenvalue weighted by Crippen LogP contribution is -2.23. The van der Waals surface area contributed by atoms with Gasteiger partial charge in [-0.1, -0.05) is 66.7 Å². The van der Waals surface area contributed by atoms with E-state index in [1.165, 1.54) is 0 Å². The number of para-hydroxylation sites is 2. The molecule has 1 atom stereocenters. The monoisotopic (exact) mass is 387 g/mol. The fraction of sp³-hybridized carbons (Fsp3) is 0.167. The molecule has 0 spiro atoms. The molecule has 0 amide bonds. The lowest BCUT2D eigenvalue weighted by atomic mass is 10.1. The number of carbonyl (C=O) groups is 2. The molecule has 1 aromatic heterocycles. The molecule has 1 heterocycles. The van der Waals surface area contributed by atoms with E-state index in [2.05, 4.69) is 0 Å². The number of hydrogen-bond donors (Lipinski definition) is 1. The van der Waals surface area contributed by atoms with E-state index < -0.39 is 18.0 Å². The molecule has 0 aliphatic heterocycles. The van der Waals surface area contributed by atoms with Crippen LogP contribution in [0.5, 0.6) is 0 Å². The Balaban J connectivity index is 1.75. The summed E-state index contributed by atoms with van der Waals surface area (Å²) < 4.78 is 7.51. The molecule has 0 saturated carbocycles. The number of carboxylic acids is 1. The molecule has 146 valence electrons. The van der Waals surface area contributed by atoms with Crippen LogP contribution in [0.25, 0.3) is 21.8 Å². The minimum atomic E-state index is -0.938. The number of aromatic nitrogens is 1. The van der Waals surface area contributed by atoms with Crippen molar-refractivity contribution in [3.63, 3.8) is 0 Å². The highest BCUT2D eigenvalue weighted by molar-refractivity contribution is 6.08. The van der Waals surface area contributed by atoms with Gasteiger partial charge in [0.05, 0.1) is 0 Å². The van der Waals surface area contributed by atoms with Crippen LogP contribution in [-0.2, 0) is 20.9 Å². The molecule has 0 aliphatic carbocycles. The Morgan fingerprint density at radius 1 is 0.828 bits per heavy atom. The van der Waals surface area contributed by atoms with Crippen LogP contribution < -0.4 is 0 Å². The third kappa shape index (κ3) is 3.85. The molecule has 4 aromatic rings. The van der Waals surface area contributed by atoms with E-state index in [4.69, 9.17) is 4.74 Å². The van der Waals surface area contributed by atoms with Crippen molar-refractivity contribution in [1.82, 2.24) is 4.57 Å². The predicted octanol–water partition coefficient (Wildman–Crippen LogP) is 4.94. The molecule has 5 nitrogen and oxygen atoms in total. The molecule has 5 heteroatoms. The maximum atomic E-state index is 13.1.